The summed E-state index contributed by atoms with van der Waals surface area (Å²) in [6, 6.07) is 11.2. The van der Waals surface area contributed by atoms with Gasteiger partial charge in [-0.1, -0.05) is 12.1 Å². The Kier molecular flexibility index (Phi) is 4.01. The second-order valence-electron chi connectivity index (χ2n) is 4.82. The van der Waals surface area contributed by atoms with Gasteiger partial charge in [-0.2, -0.15) is 10.2 Å². The summed E-state index contributed by atoms with van der Waals surface area (Å²) in [6.45, 7) is 1.79. The topological polar surface area (TPSA) is 83.3 Å². The molecule has 23 heavy (non-hydrogen) atoms. The molecule has 7 heteroatoms. The molecule has 0 saturated carbocycles. The summed E-state index contributed by atoms with van der Waals surface area (Å²) in [5, 5.41) is 10.3. The normalized spacial score (nSPS) is 11.0. The van der Waals surface area contributed by atoms with E-state index in [0.717, 1.165) is 5.69 Å². The van der Waals surface area contributed by atoms with Crippen LogP contribution in [0.3, 0.4) is 0 Å². The van der Waals surface area contributed by atoms with Gasteiger partial charge in [-0.25, -0.2) is 9.82 Å². The molecule has 3 aromatic rings. The van der Waals surface area contributed by atoms with Crippen molar-refractivity contribution in [2.24, 2.45) is 5.10 Å². The third-order valence-electron chi connectivity index (χ3n) is 3.06. The lowest BCUT2D eigenvalue weighted by Crippen LogP contribution is -2.17. The summed E-state index contributed by atoms with van der Waals surface area (Å²) in [7, 11) is 0. The molecule has 6 nitrogen and oxygen atoms in total. The molecule has 2 N–H and O–H groups in total. The van der Waals surface area contributed by atoms with Crippen LogP contribution in [-0.2, 0) is 0 Å². The Morgan fingerprint density at radius 3 is 2.91 bits per heavy atom. The third-order valence-corrected chi connectivity index (χ3v) is 3.06. The van der Waals surface area contributed by atoms with Crippen molar-refractivity contribution in [3.63, 3.8) is 0 Å². The fourth-order valence-electron chi connectivity index (χ4n) is 1.97. The number of carbonyl (C=O) groups is 1. The molecule has 0 radical (unpaired) electrons. The Hall–Kier alpha value is -3.22. The molecule has 0 fully saturated rings. The number of carbonyl (C=O) groups excluding carboxylic acids is 1. The molecule has 0 unspecified atom stereocenters. The van der Waals surface area contributed by atoms with E-state index in [1.165, 1.54) is 12.3 Å². The molecule has 0 atom stereocenters. The second-order valence-corrected chi connectivity index (χ2v) is 4.82. The van der Waals surface area contributed by atoms with Crippen molar-refractivity contribution in [3.8, 4) is 11.3 Å². The van der Waals surface area contributed by atoms with Crippen molar-refractivity contribution in [2.75, 3.05) is 0 Å². The van der Waals surface area contributed by atoms with Crippen LogP contribution < -0.4 is 5.43 Å². The fraction of sp³-hybridized carbons (Fsp3) is 0.0625. The Morgan fingerprint density at radius 1 is 1.35 bits per heavy atom. The highest BCUT2D eigenvalue weighted by Gasteiger charge is 2.09. The molecular weight excluding hydrogens is 299 g/mol. The number of rotatable bonds is 4. The molecule has 0 aliphatic rings. The van der Waals surface area contributed by atoms with Crippen molar-refractivity contribution < 1.29 is 13.6 Å². The van der Waals surface area contributed by atoms with Crippen LogP contribution in [0.2, 0.25) is 0 Å². The molecule has 3 rings (SSSR count). The molecule has 0 spiro atoms. The second kappa shape index (κ2) is 6.27. The number of nitrogens with zero attached hydrogens (tertiary/aromatic N) is 2. The summed E-state index contributed by atoms with van der Waals surface area (Å²) in [4.78, 5) is 11.7. The Labute approximate surface area is 131 Å². The number of H-pyrrole nitrogens is 1. The van der Waals surface area contributed by atoms with Crippen molar-refractivity contribution in [1.29, 1.82) is 0 Å². The first-order chi connectivity index (χ1) is 11.1. The Bertz CT molecular complexity index is 866. The first-order valence-electron chi connectivity index (χ1n) is 6.83. The largest absolute Gasteiger partial charge is 0.455 e. The van der Waals surface area contributed by atoms with Crippen LogP contribution in [-0.4, -0.2) is 22.3 Å². The highest BCUT2D eigenvalue weighted by Crippen LogP contribution is 2.24. The standard InChI is InChI=1S/C16H13FN4O2/c1-10-8-14(20-19-10)16(22)21-18-9-11-6-7-15(23-11)12-4-2-3-5-13(12)17/h2-9H,1H3,(H,19,20)(H,21,22)/b18-9-. The SMILES string of the molecule is Cc1cc(C(=O)N/N=C\c2ccc(-c3ccccc3F)o2)n[nH]1. The van der Waals surface area contributed by atoms with Crippen LogP contribution in [0.4, 0.5) is 4.39 Å². The zero-order valence-corrected chi connectivity index (χ0v) is 12.2. The number of nitrogens with one attached hydrogen (secondary N) is 2. The number of hydrogen-bond donors (Lipinski definition) is 2. The zero-order valence-electron chi connectivity index (χ0n) is 12.2. The minimum atomic E-state index is -0.438. The van der Waals surface area contributed by atoms with E-state index < -0.39 is 5.91 Å². The van der Waals surface area contributed by atoms with E-state index in [0.29, 0.717) is 17.1 Å². The third kappa shape index (κ3) is 3.34. The molecule has 1 aromatic carbocycles. The van der Waals surface area contributed by atoms with Gasteiger partial charge in [-0.3, -0.25) is 9.89 Å². The van der Waals surface area contributed by atoms with Gasteiger partial charge in [0.1, 0.15) is 17.3 Å². The van der Waals surface area contributed by atoms with Crippen molar-refractivity contribution >= 4 is 12.1 Å². The molecule has 2 heterocycles. The maximum atomic E-state index is 13.7. The first kappa shape index (κ1) is 14.7. The summed E-state index contributed by atoms with van der Waals surface area (Å²) < 4.78 is 19.2. The number of hydrazone groups is 1. The Balaban J connectivity index is 1.67. The average molecular weight is 312 g/mol. The monoisotopic (exact) mass is 312 g/mol. The van der Waals surface area contributed by atoms with Gasteiger partial charge in [-0.05, 0) is 37.3 Å². The van der Waals surface area contributed by atoms with E-state index in [9.17, 15) is 9.18 Å². The van der Waals surface area contributed by atoms with Crippen LogP contribution in [0.25, 0.3) is 11.3 Å². The number of aromatic nitrogens is 2. The van der Waals surface area contributed by atoms with Crippen LogP contribution in [0.1, 0.15) is 21.9 Å². The minimum Gasteiger partial charge on any atom is -0.455 e. The Morgan fingerprint density at radius 2 is 2.17 bits per heavy atom. The van der Waals surface area contributed by atoms with Gasteiger partial charge in [0, 0.05) is 5.69 Å². The lowest BCUT2D eigenvalue weighted by Gasteiger charge is -1.97. The lowest BCUT2D eigenvalue weighted by atomic mass is 10.1. The van der Waals surface area contributed by atoms with Gasteiger partial charge in [0.25, 0.3) is 5.91 Å². The smallest absolute Gasteiger partial charge is 0.291 e. The number of halogens is 1. The van der Waals surface area contributed by atoms with E-state index in [1.807, 2.05) is 0 Å². The summed E-state index contributed by atoms with van der Waals surface area (Å²) in [6.07, 6.45) is 1.34. The molecule has 0 aliphatic heterocycles. The molecule has 1 amide bonds. The van der Waals surface area contributed by atoms with Gasteiger partial charge < -0.3 is 4.42 Å². The molecule has 0 saturated heterocycles. The highest BCUT2D eigenvalue weighted by molar-refractivity contribution is 5.93. The molecule has 0 bridgehead atoms. The van der Waals surface area contributed by atoms with Gasteiger partial charge >= 0.3 is 0 Å². The predicted molar refractivity (Wildman–Crippen MR) is 82.5 cm³/mol. The van der Waals surface area contributed by atoms with Crippen LogP contribution in [0.5, 0.6) is 0 Å². The molecule has 2 aromatic heterocycles. The highest BCUT2D eigenvalue weighted by atomic mass is 19.1. The van der Waals surface area contributed by atoms with Gasteiger partial charge in [-0.15, -0.1) is 0 Å². The number of amides is 1. The quantitative estimate of drug-likeness (QED) is 0.574. The van der Waals surface area contributed by atoms with Crippen LogP contribution in [0, 0.1) is 12.7 Å². The maximum absolute atomic E-state index is 13.7. The number of aromatic amines is 1. The van der Waals surface area contributed by atoms with E-state index in [4.69, 9.17) is 4.42 Å². The van der Waals surface area contributed by atoms with Gasteiger partial charge in [0.15, 0.2) is 5.69 Å². The van der Waals surface area contributed by atoms with E-state index >= 15 is 0 Å². The fourth-order valence-corrected chi connectivity index (χ4v) is 1.97. The van der Waals surface area contributed by atoms with Gasteiger partial charge in [0.2, 0.25) is 0 Å². The first-order valence-corrected chi connectivity index (χ1v) is 6.83. The number of benzene rings is 1. The summed E-state index contributed by atoms with van der Waals surface area (Å²) >= 11 is 0. The molecule has 0 aliphatic carbocycles. The van der Waals surface area contributed by atoms with E-state index in [-0.39, 0.29) is 11.5 Å². The van der Waals surface area contributed by atoms with Crippen molar-refractivity contribution in [2.45, 2.75) is 6.92 Å². The van der Waals surface area contributed by atoms with Crippen LogP contribution >= 0.6 is 0 Å². The zero-order chi connectivity index (χ0) is 16.2. The predicted octanol–water partition coefficient (Wildman–Crippen LogP) is 2.88. The average Bonchev–Trinajstić information content (AvgIpc) is 3.17. The maximum Gasteiger partial charge on any atom is 0.291 e. The minimum absolute atomic E-state index is 0.242. The van der Waals surface area contributed by atoms with E-state index in [2.05, 4.69) is 20.7 Å². The van der Waals surface area contributed by atoms with E-state index in [1.54, 1.807) is 43.3 Å². The number of furan rings is 1. The molecule has 116 valence electrons. The number of hydrogen-bond acceptors (Lipinski definition) is 4. The number of aryl methyl sites for hydroxylation is 1. The van der Waals surface area contributed by atoms with Gasteiger partial charge in [0.05, 0.1) is 11.8 Å². The summed E-state index contributed by atoms with van der Waals surface area (Å²) in [5.74, 6) is -0.0282. The van der Waals surface area contributed by atoms with Crippen molar-refractivity contribution in [3.05, 3.63) is 65.4 Å². The van der Waals surface area contributed by atoms with Crippen molar-refractivity contribution in [1.82, 2.24) is 15.6 Å². The summed E-state index contributed by atoms with van der Waals surface area (Å²) in [5.41, 5.74) is 3.72. The molecular formula is C16H13FN4O2. The van der Waals surface area contributed by atoms with Crippen LogP contribution in [0.15, 0.2) is 52.0 Å². The lowest BCUT2D eigenvalue weighted by molar-refractivity contribution is 0.0950.